The van der Waals surface area contributed by atoms with Crippen LogP contribution in [-0.2, 0) is 23.9 Å². The summed E-state index contributed by atoms with van der Waals surface area (Å²) in [6.45, 7) is 2.52. The highest BCUT2D eigenvalue weighted by atomic mass is 35.5. The van der Waals surface area contributed by atoms with Crippen molar-refractivity contribution in [3.63, 3.8) is 0 Å². The first-order valence-electron chi connectivity index (χ1n) is 11.6. The number of anilines is 1. The molecule has 3 atom stereocenters. The van der Waals surface area contributed by atoms with E-state index in [1.54, 1.807) is 36.3 Å². The van der Waals surface area contributed by atoms with E-state index in [-0.39, 0.29) is 12.1 Å². The number of benzene rings is 1. The summed E-state index contributed by atoms with van der Waals surface area (Å²) in [4.78, 5) is 19.6. The summed E-state index contributed by atoms with van der Waals surface area (Å²) in [7, 11) is 1.79. The number of aryl methyl sites for hydroxylation is 1. The van der Waals surface area contributed by atoms with Crippen LogP contribution >= 0.6 is 11.6 Å². The Morgan fingerprint density at radius 1 is 1.32 bits per heavy atom. The normalized spacial score (nSPS) is 25.8. The molecular formula is C23H26ClN7O3. The first-order valence-corrected chi connectivity index (χ1v) is 12.0. The number of hydrogen-bond acceptors (Lipinski definition) is 7. The van der Waals surface area contributed by atoms with Crippen molar-refractivity contribution < 1.29 is 13.9 Å². The molecule has 4 fully saturated rings. The van der Waals surface area contributed by atoms with Crippen LogP contribution in [-0.4, -0.2) is 48.0 Å². The number of ether oxygens (including phenoxy) is 1. The lowest BCUT2D eigenvalue weighted by atomic mass is 9.64. The zero-order valence-electron chi connectivity index (χ0n) is 19.1. The highest BCUT2D eigenvalue weighted by molar-refractivity contribution is 6.33. The smallest absolute Gasteiger partial charge is 0.323 e. The van der Waals surface area contributed by atoms with Crippen molar-refractivity contribution in [3.8, 4) is 11.4 Å². The lowest BCUT2D eigenvalue weighted by molar-refractivity contribution is -0.110. The Morgan fingerprint density at radius 2 is 2.18 bits per heavy atom. The standard InChI is InChI=1S/C23H26ClN7O3/c1-13-7-15-10-23(9-13,21-28-27-19(34-21)11-33-16-4-5-16)31(15)22(32)26-14-3-6-18(24)17(8-14)20-25-12-30(2)29-20/h3,6,8,12-13,15-16H,4-5,7,9-11H2,1-2H3,(H,26,32)/t13-,15-,23+/m1/s1. The van der Waals surface area contributed by atoms with Gasteiger partial charge in [0, 0.05) is 30.8 Å². The summed E-state index contributed by atoms with van der Waals surface area (Å²) >= 11 is 6.37. The van der Waals surface area contributed by atoms with Gasteiger partial charge < -0.3 is 19.4 Å². The number of urea groups is 1. The highest BCUT2D eigenvalue weighted by Crippen LogP contribution is 2.55. The van der Waals surface area contributed by atoms with Crippen molar-refractivity contribution in [1.29, 1.82) is 0 Å². The van der Waals surface area contributed by atoms with E-state index in [9.17, 15) is 4.79 Å². The summed E-state index contributed by atoms with van der Waals surface area (Å²) in [6.07, 6.45) is 6.64. The molecule has 2 aromatic heterocycles. The van der Waals surface area contributed by atoms with Crippen LogP contribution in [0.3, 0.4) is 0 Å². The molecule has 2 bridgehead atoms. The van der Waals surface area contributed by atoms with Crippen LogP contribution in [0.4, 0.5) is 10.5 Å². The fraction of sp³-hybridized carbons (Fsp3) is 0.522. The van der Waals surface area contributed by atoms with Gasteiger partial charge in [0.05, 0.1) is 11.1 Å². The number of fused-ring (bicyclic) bond motifs is 2. The second kappa shape index (κ2) is 8.06. The van der Waals surface area contributed by atoms with Crippen LogP contribution in [0.25, 0.3) is 11.4 Å². The minimum absolute atomic E-state index is 0.131. The van der Waals surface area contributed by atoms with E-state index < -0.39 is 5.54 Å². The largest absolute Gasteiger partial charge is 0.420 e. The molecular weight excluding hydrogens is 458 g/mol. The Kier molecular flexibility index (Phi) is 5.11. The van der Waals surface area contributed by atoms with Gasteiger partial charge in [-0.05, 0) is 49.8 Å². The maximum Gasteiger partial charge on any atom is 0.323 e. The summed E-state index contributed by atoms with van der Waals surface area (Å²) in [5, 5.41) is 16.4. The van der Waals surface area contributed by atoms with E-state index in [2.05, 4.69) is 32.5 Å². The number of nitrogens with zero attached hydrogens (tertiary/aromatic N) is 6. The molecule has 7 rings (SSSR count). The molecule has 2 aliphatic heterocycles. The first kappa shape index (κ1) is 21.5. The van der Waals surface area contributed by atoms with Gasteiger partial charge in [0.2, 0.25) is 11.8 Å². The molecule has 4 heterocycles. The lowest BCUT2D eigenvalue weighted by Gasteiger charge is -2.61. The third-order valence-electron chi connectivity index (χ3n) is 6.87. The van der Waals surface area contributed by atoms with Crippen LogP contribution in [0, 0.1) is 5.92 Å². The summed E-state index contributed by atoms with van der Waals surface area (Å²) in [6, 6.07) is 5.24. The lowest BCUT2D eigenvalue weighted by Crippen LogP contribution is -2.70. The Labute approximate surface area is 201 Å². The molecule has 2 saturated carbocycles. The molecule has 1 N–H and O–H groups in total. The van der Waals surface area contributed by atoms with E-state index in [0.29, 0.717) is 52.5 Å². The predicted molar refractivity (Wildman–Crippen MR) is 123 cm³/mol. The number of carbonyl (C=O) groups excluding carboxylic acids is 1. The van der Waals surface area contributed by atoms with E-state index in [1.807, 2.05) is 4.90 Å². The summed E-state index contributed by atoms with van der Waals surface area (Å²) < 4.78 is 13.3. The molecule has 34 heavy (non-hydrogen) atoms. The number of hydrogen-bond donors (Lipinski definition) is 1. The van der Waals surface area contributed by atoms with E-state index in [4.69, 9.17) is 20.8 Å². The number of amides is 2. The molecule has 2 aliphatic carbocycles. The minimum Gasteiger partial charge on any atom is -0.420 e. The molecule has 0 radical (unpaired) electrons. The van der Waals surface area contributed by atoms with Gasteiger partial charge in [-0.3, -0.25) is 4.68 Å². The number of carbonyl (C=O) groups is 1. The van der Waals surface area contributed by atoms with E-state index in [1.165, 1.54) is 0 Å². The highest BCUT2D eigenvalue weighted by Gasteiger charge is 2.62. The summed E-state index contributed by atoms with van der Waals surface area (Å²) in [5.41, 5.74) is 0.688. The van der Waals surface area contributed by atoms with Gasteiger partial charge in [0.1, 0.15) is 18.5 Å². The fourth-order valence-corrected chi connectivity index (χ4v) is 5.50. The van der Waals surface area contributed by atoms with Crippen molar-refractivity contribution >= 4 is 23.3 Å². The quantitative estimate of drug-likeness (QED) is 0.561. The number of rotatable bonds is 6. The molecule has 2 saturated heterocycles. The van der Waals surface area contributed by atoms with Crippen LogP contribution in [0.1, 0.15) is 50.8 Å². The zero-order chi connectivity index (χ0) is 23.4. The average molecular weight is 484 g/mol. The maximum absolute atomic E-state index is 13.5. The molecule has 4 aliphatic rings. The molecule has 2 amide bonds. The van der Waals surface area contributed by atoms with Gasteiger partial charge >= 0.3 is 6.03 Å². The molecule has 0 spiro atoms. The summed E-state index contributed by atoms with van der Waals surface area (Å²) in [5.74, 6) is 1.91. The monoisotopic (exact) mass is 483 g/mol. The van der Waals surface area contributed by atoms with E-state index >= 15 is 0 Å². The SMILES string of the molecule is C[C@@H]1C[C@@H]2C[C@](c3nnc(COC4CC4)o3)(C1)N2C(=O)Nc1ccc(Cl)c(-c2ncn(C)n2)c1. The van der Waals surface area contributed by atoms with Gasteiger partial charge in [-0.1, -0.05) is 18.5 Å². The van der Waals surface area contributed by atoms with E-state index in [0.717, 1.165) is 32.1 Å². The molecule has 11 heteroatoms. The molecule has 178 valence electrons. The van der Waals surface area contributed by atoms with Crippen LogP contribution < -0.4 is 5.32 Å². The first-order chi connectivity index (χ1) is 16.4. The number of aromatic nitrogens is 5. The van der Waals surface area contributed by atoms with Crippen molar-refractivity contribution in [2.24, 2.45) is 13.0 Å². The third-order valence-corrected chi connectivity index (χ3v) is 7.20. The number of halogens is 1. The van der Waals surface area contributed by atoms with Gasteiger partial charge in [0.15, 0.2) is 5.82 Å². The fourth-order valence-electron chi connectivity index (χ4n) is 5.29. The van der Waals surface area contributed by atoms with Gasteiger partial charge in [0.25, 0.3) is 0 Å². The van der Waals surface area contributed by atoms with Gasteiger partial charge in [-0.15, -0.1) is 10.2 Å². The Balaban J connectivity index is 1.23. The maximum atomic E-state index is 13.5. The number of piperidine rings is 1. The predicted octanol–water partition coefficient (Wildman–Crippen LogP) is 4.13. The van der Waals surface area contributed by atoms with Crippen molar-refractivity contribution in [2.75, 3.05) is 5.32 Å². The second-order valence-electron chi connectivity index (χ2n) is 9.68. The minimum atomic E-state index is -0.588. The average Bonchev–Trinajstić information content (AvgIpc) is 3.32. The van der Waals surface area contributed by atoms with Crippen molar-refractivity contribution in [2.45, 2.75) is 63.3 Å². The Morgan fingerprint density at radius 3 is 2.94 bits per heavy atom. The van der Waals surface area contributed by atoms with Crippen molar-refractivity contribution in [3.05, 3.63) is 41.3 Å². The molecule has 0 unspecified atom stereocenters. The van der Waals surface area contributed by atoms with Crippen LogP contribution in [0.5, 0.6) is 0 Å². The second-order valence-corrected chi connectivity index (χ2v) is 10.1. The molecule has 10 nitrogen and oxygen atoms in total. The Bertz CT molecular complexity index is 1240. The van der Waals surface area contributed by atoms with Crippen molar-refractivity contribution in [1.82, 2.24) is 29.9 Å². The third kappa shape index (κ3) is 3.74. The molecule has 1 aromatic carbocycles. The zero-order valence-corrected chi connectivity index (χ0v) is 19.8. The van der Waals surface area contributed by atoms with Crippen LogP contribution in [0.2, 0.25) is 5.02 Å². The van der Waals surface area contributed by atoms with Gasteiger partial charge in [-0.2, -0.15) is 5.10 Å². The Hall–Kier alpha value is -2.98. The van der Waals surface area contributed by atoms with Crippen LogP contribution in [0.15, 0.2) is 28.9 Å². The number of nitrogens with one attached hydrogen (secondary N) is 1. The topological polar surface area (TPSA) is 111 Å². The molecule has 3 aromatic rings. The van der Waals surface area contributed by atoms with Gasteiger partial charge in [-0.25, -0.2) is 9.78 Å².